The van der Waals surface area contributed by atoms with Gasteiger partial charge in [0.05, 0.1) is 13.4 Å². The summed E-state index contributed by atoms with van der Waals surface area (Å²) in [6.07, 6.45) is 3.45. The minimum Gasteiger partial charge on any atom is -0.497 e. The van der Waals surface area contributed by atoms with E-state index in [0.29, 0.717) is 11.3 Å². The Balaban J connectivity index is 1.99. The summed E-state index contributed by atoms with van der Waals surface area (Å²) in [5.74, 6) is 0.504. The lowest BCUT2D eigenvalue weighted by Crippen LogP contribution is -2.43. The van der Waals surface area contributed by atoms with E-state index in [9.17, 15) is 13.2 Å². The second-order valence-corrected chi connectivity index (χ2v) is 9.33. The number of allylic oxidation sites excluding steroid dienone is 1. The lowest BCUT2D eigenvalue weighted by atomic mass is 9.85. The molecule has 1 heterocycles. The molecule has 0 saturated carbocycles. The van der Waals surface area contributed by atoms with E-state index in [1.807, 2.05) is 18.2 Å². The number of hydrogen-bond acceptors (Lipinski definition) is 5. The molecule has 0 bridgehead atoms. The maximum atomic E-state index is 12.9. The minimum absolute atomic E-state index is 0.201. The number of nitrogens with one attached hydrogen (secondary N) is 2. The number of ether oxygens (including phenoxy) is 1. The van der Waals surface area contributed by atoms with E-state index in [0.717, 1.165) is 35.3 Å². The molecule has 3 rings (SSSR count). The number of sulfonamides is 1. The molecule has 0 unspecified atom stereocenters. The molecule has 6 nitrogen and oxygen atoms in total. The first-order valence-corrected chi connectivity index (χ1v) is 10.7. The number of anilines is 1. The molecule has 0 aromatic heterocycles. The van der Waals surface area contributed by atoms with Gasteiger partial charge in [-0.2, -0.15) is 0 Å². The van der Waals surface area contributed by atoms with Crippen molar-refractivity contribution in [2.24, 2.45) is 0 Å². The summed E-state index contributed by atoms with van der Waals surface area (Å²) >= 11 is 0. The summed E-state index contributed by atoms with van der Waals surface area (Å²) in [6.45, 7) is 4.16. The van der Waals surface area contributed by atoms with Crippen molar-refractivity contribution in [2.75, 3.05) is 18.1 Å². The molecule has 7 heteroatoms. The third kappa shape index (κ3) is 4.72. The van der Waals surface area contributed by atoms with Crippen molar-refractivity contribution in [1.82, 2.24) is 5.32 Å². The summed E-state index contributed by atoms with van der Waals surface area (Å²) in [7, 11) is -1.81. The van der Waals surface area contributed by atoms with Crippen LogP contribution < -0.4 is 14.8 Å². The summed E-state index contributed by atoms with van der Waals surface area (Å²) in [4.78, 5) is 12.9. The molecular formula is C21H24N2O4S. The Morgan fingerprint density at radius 1 is 1.21 bits per heavy atom. The molecule has 0 radical (unpaired) electrons. The molecule has 0 spiro atoms. The summed E-state index contributed by atoms with van der Waals surface area (Å²) in [5, 5.41) is 3.43. The topological polar surface area (TPSA) is 84.5 Å². The Bertz CT molecular complexity index is 1060. The largest absolute Gasteiger partial charge is 0.497 e. The van der Waals surface area contributed by atoms with Gasteiger partial charge in [-0.1, -0.05) is 18.2 Å². The molecule has 28 heavy (non-hydrogen) atoms. The second kappa shape index (κ2) is 7.31. The van der Waals surface area contributed by atoms with Crippen LogP contribution in [0.4, 0.5) is 5.69 Å². The first kappa shape index (κ1) is 19.9. The Morgan fingerprint density at radius 2 is 1.96 bits per heavy atom. The van der Waals surface area contributed by atoms with Gasteiger partial charge in [0.25, 0.3) is 0 Å². The number of methoxy groups -OCH3 is 1. The first-order valence-electron chi connectivity index (χ1n) is 8.86. The fraction of sp³-hybridized carbons (Fsp3) is 0.286. The van der Waals surface area contributed by atoms with Crippen LogP contribution in [0.1, 0.15) is 35.3 Å². The number of hydrogen-bond donors (Lipinski definition) is 2. The quantitative estimate of drug-likeness (QED) is 0.595. The first-order chi connectivity index (χ1) is 13.1. The normalized spacial score (nSPS) is 16.8. The van der Waals surface area contributed by atoms with Gasteiger partial charge in [0.2, 0.25) is 10.0 Å². The smallest absolute Gasteiger partial charge is 0.229 e. The lowest BCUT2D eigenvalue weighted by molar-refractivity contribution is 0.104. The molecule has 0 amide bonds. The van der Waals surface area contributed by atoms with Crippen molar-refractivity contribution in [1.29, 1.82) is 0 Å². The van der Waals surface area contributed by atoms with Crippen LogP contribution >= 0.6 is 0 Å². The van der Waals surface area contributed by atoms with E-state index >= 15 is 0 Å². The van der Waals surface area contributed by atoms with Crippen molar-refractivity contribution < 1.29 is 17.9 Å². The van der Waals surface area contributed by atoms with Crippen LogP contribution in [0.2, 0.25) is 0 Å². The zero-order valence-corrected chi connectivity index (χ0v) is 17.2. The predicted molar refractivity (Wildman–Crippen MR) is 111 cm³/mol. The van der Waals surface area contributed by atoms with Crippen molar-refractivity contribution >= 4 is 27.2 Å². The standard InChI is InChI=1S/C21H24N2O4S/c1-21(2)13-15-8-9-17(27-3)11-18(15)19(22-21)12-20(24)14-6-5-7-16(10-14)23-28(4,25)26/h5-12,22-23H,13H2,1-4H3. The fourth-order valence-electron chi connectivity index (χ4n) is 3.32. The number of fused-ring (bicyclic) bond motifs is 1. The molecule has 0 aliphatic carbocycles. The monoisotopic (exact) mass is 400 g/mol. The van der Waals surface area contributed by atoms with Crippen molar-refractivity contribution in [3.05, 3.63) is 65.2 Å². The average Bonchev–Trinajstić information content (AvgIpc) is 2.59. The van der Waals surface area contributed by atoms with Gasteiger partial charge in [-0.25, -0.2) is 8.42 Å². The van der Waals surface area contributed by atoms with Gasteiger partial charge < -0.3 is 10.1 Å². The van der Waals surface area contributed by atoms with E-state index in [2.05, 4.69) is 23.9 Å². The third-order valence-corrected chi connectivity index (χ3v) is 5.04. The zero-order valence-electron chi connectivity index (χ0n) is 16.4. The number of carbonyl (C=O) groups excluding carboxylic acids is 1. The molecule has 2 aromatic rings. The summed E-state index contributed by atoms with van der Waals surface area (Å²) in [5.41, 5.74) is 3.33. The summed E-state index contributed by atoms with van der Waals surface area (Å²) in [6, 6.07) is 12.3. The Kier molecular flexibility index (Phi) is 5.21. The molecule has 148 valence electrons. The third-order valence-electron chi connectivity index (χ3n) is 4.44. The highest BCUT2D eigenvalue weighted by molar-refractivity contribution is 7.92. The summed E-state index contributed by atoms with van der Waals surface area (Å²) < 4.78 is 30.6. The molecular weight excluding hydrogens is 376 g/mol. The van der Waals surface area contributed by atoms with Gasteiger partial charge in [0.1, 0.15) is 5.75 Å². The van der Waals surface area contributed by atoms with Crippen molar-refractivity contribution in [3.63, 3.8) is 0 Å². The molecule has 0 fully saturated rings. The van der Waals surface area contributed by atoms with Gasteiger partial charge in [-0.3, -0.25) is 9.52 Å². The van der Waals surface area contributed by atoms with Gasteiger partial charge in [0, 0.05) is 34.1 Å². The van der Waals surface area contributed by atoms with E-state index in [1.165, 1.54) is 6.07 Å². The van der Waals surface area contributed by atoms with Crippen molar-refractivity contribution in [3.8, 4) is 5.75 Å². The van der Waals surface area contributed by atoms with E-state index in [-0.39, 0.29) is 11.3 Å². The number of rotatable bonds is 5. The van der Waals surface area contributed by atoms with Crippen LogP contribution in [0.25, 0.3) is 5.70 Å². The van der Waals surface area contributed by atoms with Crippen molar-refractivity contribution in [2.45, 2.75) is 25.8 Å². The van der Waals surface area contributed by atoms with Crippen LogP contribution in [-0.4, -0.2) is 33.1 Å². The van der Waals surface area contributed by atoms with E-state index < -0.39 is 10.0 Å². The molecule has 2 N–H and O–H groups in total. The zero-order chi connectivity index (χ0) is 20.5. The van der Waals surface area contributed by atoms with Crippen LogP contribution in [-0.2, 0) is 16.4 Å². The van der Waals surface area contributed by atoms with Gasteiger partial charge in [-0.05, 0) is 50.1 Å². The highest BCUT2D eigenvalue weighted by atomic mass is 32.2. The number of benzene rings is 2. The Morgan fingerprint density at radius 3 is 2.64 bits per heavy atom. The fourth-order valence-corrected chi connectivity index (χ4v) is 3.87. The Hall–Kier alpha value is -2.80. The van der Waals surface area contributed by atoms with Crippen LogP contribution in [0.5, 0.6) is 5.75 Å². The highest BCUT2D eigenvalue weighted by Gasteiger charge is 2.28. The van der Waals surface area contributed by atoms with E-state index in [1.54, 1.807) is 31.4 Å². The maximum Gasteiger partial charge on any atom is 0.229 e. The lowest BCUT2D eigenvalue weighted by Gasteiger charge is -2.35. The number of carbonyl (C=O) groups is 1. The van der Waals surface area contributed by atoms with Gasteiger partial charge in [-0.15, -0.1) is 0 Å². The molecule has 2 aromatic carbocycles. The Labute approximate surface area is 165 Å². The average molecular weight is 401 g/mol. The van der Waals surface area contributed by atoms with Crippen LogP contribution in [0.15, 0.2) is 48.5 Å². The van der Waals surface area contributed by atoms with Gasteiger partial charge >= 0.3 is 0 Å². The van der Waals surface area contributed by atoms with Crippen LogP contribution in [0, 0.1) is 0 Å². The van der Waals surface area contributed by atoms with Gasteiger partial charge in [0.15, 0.2) is 5.78 Å². The highest BCUT2D eigenvalue weighted by Crippen LogP contribution is 2.32. The molecule has 1 aliphatic heterocycles. The van der Waals surface area contributed by atoms with E-state index in [4.69, 9.17) is 4.74 Å². The second-order valence-electron chi connectivity index (χ2n) is 7.59. The maximum absolute atomic E-state index is 12.9. The number of ketones is 1. The molecule has 0 saturated heterocycles. The molecule has 1 aliphatic rings. The predicted octanol–water partition coefficient (Wildman–Crippen LogP) is 3.21. The SMILES string of the molecule is COc1ccc2c(c1)C(=CC(=O)c1cccc(NS(C)(=O)=O)c1)NC(C)(C)C2. The van der Waals surface area contributed by atoms with Crippen LogP contribution in [0.3, 0.4) is 0 Å². The molecule has 0 atom stereocenters. The minimum atomic E-state index is -3.41.